The molecule has 0 unspecified atom stereocenters. The van der Waals surface area contributed by atoms with E-state index in [-0.39, 0.29) is 12.3 Å². The lowest BCUT2D eigenvalue weighted by molar-refractivity contribution is -0.159. The molecule has 1 fully saturated rings. The summed E-state index contributed by atoms with van der Waals surface area (Å²) in [4.78, 5) is 11.6. The Morgan fingerprint density at radius 3 is 2.83 bits per heavy atom. The van der Waals surface area contributed by atoms with Gasteiger partial charge in [-0.1, -0.05) is 0 Å². The van der Waals surface area contributed by atoms with Gasteiger partial charge in [0.2, 0.25) is 5.91 Å². The van der Waals surface area contributed by atoms with Crippen molar-refractivity contribution in [2.45, 2.75) is 26.1 Å². The van der Waals surface area contributed by atoms with Crippen LogP contribution in [0.5, 0.6) is 0 Å². The van der Waals surface area contributed by atoms with Crippen molar-refractivity contribution >= 4 is 12.1 Å². The molecule has 1 aromatic rings. The van der Waals surface area contributed by atoms with Crippen LogP contribution >= 0.6 is 0 Å². The van der Waals surface area contributed by atoms with Crippen molar-refractivity contribution in [1.82, 2.24) is 5.43 Å². The standard InChI is InChI=1S/C12H16N2O4/c1-9-3-4-10(18-9)8-13-14-11(15)7-12(2)16-5-6-17-12/h3-4,8H,5-7H2,1-2H3,(H,14,15). The number of amides is 1. The molecule has 1 amide bonds. The third-order valence-corrected chi connectivity index (χ3v) is 2.52. The summed E-state index contributed by atoms with van der Waals surface area (Å²) in [6.07, 6.45) is 1.56. The number of ether oxygens (including phenoxy) is 2. The molecule has 98 valence electrons. The van der Waals surface area contributed by atoms with Gasteiger partial charge in [0.25, 0.3) is 0 Å². The van der Waals surface area contributed by atoms with Crippen molar-refractivity contribution in [2.75, 3.05) is 13.2 Å². The molecule has 0 bridgehead atoms. The van der Waals surface area contributed by atoms with E-state index in [9.17, 15) is 4.79 Å². The number of furan rings is 1. The lowest BCUT2D eigenvalue weighted by Gasteiger charge is -2.20. The van der Waals surface area contributed by atoms with E-state index in [2.05, 4.69) is 10.5 Å². The van der Waals surface area contributed by atoms with Crippen LogP contribution in [-0.4, -0.2) is 31.1 Å². The summed E-state index contributed by atoms with van der Waals surface area (Å²) in [5.74, 6) is 0.287. The van der Waals surface area contributed by atoms with Gasteiger partial charge >= 0.3 is 0 Å². The fraction of sp³-hybridized carbons (Fsp3) is 0.500. The largest absolute Gasteiger partial charge is 0.460 e. The van der Waals surface area contributed by atoms with Gasteiger partial charge in [-0.05, 0) is 26.0 Å². The zero-order chi connectivity index (χ0) is 13.0. The highest BCUT2D eigenvalue weighted by Crippen LogP contribution is 2.22. The third-order valence-electron chi connectivity index (χ3n) is 2.52. The fourth-order valence-corrected chi connectivity index (χ4v) is 1.68. The predicted octanol–water partition coefficient (Wildman–Crippen LogP) is 1.19. The number of nitrogens with one attached hydrogen (secondary N) is 1. The molecule has 0 aromatic carbocycles. The van der Waals surface area contributed by atoms with Crippen molar-refractivity contribution in [3.8, 4) is 0 Å². The van der Waals surface area contributed by atoms with Gasteiger partial charge in [-0.15, -0.1) is 0 Å². The molecule has 2 rings (SSSR count). The quantitative estimate of drug-likeness (QED) is 0.645. The minimum absolute atomic E-state index is 0.113. The maximum atomic E-state index is 11.6. The second-order valence-corrected chi connectivity index (χ2v) is 4.25. The number of hydrogen-bond acceptors (Lipinski definition) is 5. The van der Waals surface area contributed by atoms with E-state index in [0.29, 0.717) is 19.0 Å². The molecule has 18 heavy (non-hydrogen) atoms. The molecule has 0 radical (unpaired) electrons. The molecule has 0 atom stereocenters. The summed E-state index contributed by atoms with van der Waals surface area (Å²) in [7, 11) is 0. The molecule has 1 aromatic heterocycles. The van der Waals surface area contributed by atoms with E-state index in [1.807, 2.05) is 13.0 Å². The second kappa shape index (κ2) is 5.32. The predicted molar refractivity (Wildman–Crippen MR) is 64.1 cm³/mol. The molecular weight excluding hydrogens is 236 g/mol. The average molecular weight is 252 g/mol. The molecule has 1 N–H and O–H groups in total. The van der Waals surface area contributed by atoms with Gasteiger partial charge in [0, 0.05) is 0 Å². The summed E-state index contributed by atoms with van der Waals surface area (Å²) in [5.41, 5.74) is 2.40. The first-order chi connectivity index (χ1) is 8.57. The fourth-order valence-electron chi connectivity index (χ4n) is 1.68. The zero-order valence-corrected chi connectivity index (χ0v) is 10.4. The maximum Gasteiger partial charge on any atom is 0.245 e. The molecule has 0 aliphatic carbocycles. The number of hydrazone groups is 1. The highest BCUT2D eigenvalue weighted by molar-refractivity contribution is 5.80. The molecule has 0 spiro atoms. The maximum absolute atomic E-state index is 11.6. The van der Waals surface area contributed by atoms with Crippen LogP contribution in [0.3, 0.4) is 0 Å². The Hall–Kier alpha value is -1.66. The first kappa shape index (κ1) is 12.8. The van der Waals surface area contributed by atoms with E-state index in [1.165, 1.54) is 6.21 Å². The van der Waals surface area contributed by atoms with Crippen LogP contribution in [0.4, 0.5) is 0 Å². The Labute approximate surface area is 105 Å². The van der Waals surface area contributed by atoms with Crippen LogP contribution in [-0.2, 0) is 14.3 Å². The number of carbonyl (C=O) groups is 1. The molecule has 6 nitrogen and oxygen atoms in total. The summed E-state index contributed by atoms with van der Waals surface area (Å²) in [6, 6.07) is 3.60. The third kappa shape index (κ3) is 3.41. The van der Waals surface area contributed by atoms with Crippen molar-refractivity contribution in [3.63, 3.8) is 0 Å². The van der Waals surface area contributed by atoms with E-state index >= 15 is 0 Å². The van der Waals surface area contributed by atoms with Crippen molar-refractivity contribution in [2.24, 2.45) is 5.10 Å². The molecule has 1 aliphatic heterocycles. The number of rotatable bonds is 4. The Morgan fingerprint density at radius 2 is 2.22 bits per heavy atom. The second-order valence-electron chi connectivity index (χ2n) is 4.25. The smallest absolute Gasteiger partial charge is 0.245 e. The first-order valence-corrected chi connectivity index (χ1v) is 5.74. The normalized spacial score (nSPS) is 18.3. The molecule has 6 heteroatoms. The van der Waals surface area contributed by atoms with Crippen LogP contribution in [0.1, 0.15) is 24.9 Å². The van der Waals surface area contributed by atoms with Crippen LogP contribution < -0.4 is 5.43 Å². The lowest BCUT2D eigenvalue weighted by atomic mass is 10.2. The zero-order valence-electron chi connectivity index (χ0n) is 10.4. The monoisotopic (exact) mass is 252 g/mol. The number of carbonyl (C=O) groups excluding carboxylic acids is 1. The SMILES string of the molecule is Cc1ccc(C=NNC(=O)CC2(C)OCCO2)o1. The van der Waals surface area contributed by atoms with Gasteiger partial charge in [-0.2, -0.15) is 5.10 Å². The molecule has 1 aliphatic rings. The van der Waals surface area contributed by atoms with Crippen molar-refractivity contribution in [1.29, 1.82) is 0 Å². The van der Waals surface area contributed by atoms with Gasteiger partial charge in [-0.3, -0.25) is 4.79 Å². The number of hydrogen-bond donors (Lipinski definition) is 1. The van der Waals surface area contributed by atoms with Gasteiger partial charge in [-0.25, -0.2) is 5.43 Å². The topological polar surface area (TPSA) is 73.1 Å². The number of nitrogens with zero attached hydrogens (tertiary/aromatic N) is 1. The van der Waals surface area contributed by atoms with E-state index in [0.717, 1.165) is 5.76 Å². The number of aryl methyl sites for hydroxylation is 1. The average Bonchev–Trinajstić information content (AvgIpc) is 2.88. The molecule has 1 saturated heterocycles. The van der Waals surface area contributed by atoms with Crippen molar-refractivity contribution < 1.29 is 18.7 Å². The van der Waals surface area contributed by atoms with Gasteiger partial charge < -0.3 is 13.9 Å². The van der Waals surface area contributed by atoms with Crippen LogP contribution in [0.15, 0.2) is 21.7 Å². The van der Waals surface area contributed by atoms with Crippen molar-refractivity contribution in [3.05, 3.63) is 23.7 Å². The van der Waals surface area contributed by atoms with E-state index < -0.39 is 5.79 Å². The van der Waals surface area contributed by atoms with E-state index in [1.54, 1.807) is 13.0 Å². The minimum Gasteiger partial charge on any atom is -0.460 e. The molecular formula is C12H16N2O4. The lowest BCUT2D eigenvalue weighted by Crippen LogP contribution is -2.33. The highest BCUT2D eigenvalue weighted by atomic mass is 16.7. The Bertz CT molecular complexity index is 447. The van der Waals surface area contributed by atoms with Gasteiger partial charge in [0.05, 0.1) is 25.8 Å². The highest BCUT2D eigenvalue weighted by Gasteiger charge is 2.33. The first-order valence-electron chi connectivity index (χ1n) is 5.74. The summed E-state index contributed by atoms with van der Waals surface area (Å²) in [5, 5.41) is 3.80. The van der Waals surface area contributed by atoms with Crippen LogP contribution in [0, 0.1) is 6.92 Å². The van der Waals surface area contributed by atoms with Crippen LogP contribution in [0.2, 0.25) is 0 Å². The Morgan fingerprint density at radius 1 is 1.50 bits per heavy atom. The summed E-state index contributed by atoms with van der Waals surface area (Å²) in [6.45, 7) is 4.60. The van der Waals surface area contributed by atoms with Gasteiger partial charge in [0.1, 0.15) is 11.5 Å². The minimum atomic E-state index is -0.832. The molecule has 2 heterocycles. The Kier molecular flexibility index (Phi) is 3.78. The Balaban J connectivity index is 1.79. The summed E-state index contributed by atoms with van der Waals surface area (Å²) < 4.78 is 15.9. The van der Waals surface area contributed by atoms with Crippen LogP contribution in [0.25, 0.3) is 0 Å². The molecule has 0 saturated carbocycles. The van der Waals surface area contributed by atoms with E-state index in [4.69, 9.17) is 13.9 Å². The summed E-state index contributed by atoms with van der Waals surface area (Å²) >= 11 is 0. The van der Waals surface area contributed by atoms with Gasteiger partial charge in [0.15, 0.2) is 5.79 Å².